The van der Waals surface area contributed by atoms with Crippen molar-refractivity contribution in [1.29, 1.82) is 0 Å². The molecule has 1 unspecified atom stereocenters. The lowest BCUT2D eigenvalue weighted by Gasteiger charge is -2.11. The Bertz CT molecular complexity index is 479. The fourth-order valence-corrected chi connectivity index (χ4v) is 2.06. The second-order valence-electron chi connectivity index (χ2n) is 4.08. The van der Waals surface area contributed by atoms with E-state index in [0.717, 1.165) is 4.47 Å². The molecular weight excluding hydrogens is 317 g/mol. The minimum Gasteiger partial charge on any atom is -0.481 e. The van der Waals surface area contributed by atoms with Crippen LogP contribution in [0.4, 0.5) is 4.39 Å². The number of rotatable bonds is 6. The number of hydrogen-bond donors (Lipinski definition) is 2. The SMILES string of the molecule is CCC(C(=O)O)C(=O)NCCc1cc(Br)ccc1F. The van der Waals surface area contributed by atoms with E-state index < -0.39 is 17.8 Å². The molecule has 1 atom stereocenters. The van der Waals surface area contributed by atoms with Gasteiger partial charge in [-0.15, -0.1) is 0 Å². The minimum absolute atomic E-state index is 0.204. The maximum absolute atomic E-state index is 13.4. The molecule has 1 amide bonds. The zero-order valence-electron chi connectivity index (χ0n) is 10.5. The second-order valence-corrected chi connectivity index (χ2v) is 4.99. The lowest BCUT2D eigenvalue weighted by molar-refractivity contribution is -0.147. The number of benzene rings is 1. The monoisotopic (exact) mass is 331 g/mol. The van der Waals surface area contributed by atoms with Crippen molar-refractivity contribution in [2.24, 2.45) is 5.92 Å². The fourth-order valence-electron chi connectivity index (χ4n) is 1.65. The van der Waals surface area contributed by atoms with Gasteiger partial charge < -0.3 is 10.4 Å². The van der Waals surface area contributed by atoms with Crippen LogP contribution >= 0.6 is 15.9 Å². The minimum atomic E-state index is -1.14. The van der Waals surface area contributed by atoms with E-state index in [9.17, 15) is 14.0 Å². The Morgan fingerprint density at radius 2 is 2.16 bits per heavy atom. The number of carboxylic acid groups (broad SMARTS) is 1. The van der Waals surface area contributed by atoms with Crippen molar-refractivity contribution in [3.05, 3.63) is 34.1 Å². The molecule has 104 valence electrons. The largest absolute Gasteiger partial charge is 0.481 e. The van der Waals surface area contributed by atoms with E-state index in [1.54, 1.807) is 19.1 Å². The first-order valence-corrected chi connectivity index (χ1v) is 6.69. The molecule has 0 bridgehead atoms. The Kier molecular flexibility index (Phi) is 5.95. The van der Waals surface area contributed by atoms with Gasteiger partial charge in [0.1, 0.15) is 11.7 Å². The van der Waals surface area contributed by atoms with Crippen molar-refractivity contribution in [2.45, 2.75) is 19.8 Å². The van der Waals surface area contributed by atoms with Gasteiger partial charge in [0, 0.05) is 11.0 Å². The van der Waals surface area contributed by atoms with Crippen LogP contribution in [-0.4, -0.2) is 23.5 Å². The maximum atomic E-state index is 13.4. The number of nitrogens with one attached hydrogen (secondary N) is 1. The van der Waals surface area contributed by atoms with Crippen molar-refractivity contribution in [1.82, 2.24) is 5.32 Å². The average molecular weight is 332 g/mol. The van der Waals surface area contributed by atoms with E-state index in [2.05, 4.69) is 21.2 Å². The molecule has 1 aromatic rings. The number of carbonyl (C=O) groups excluding carboxylic acids is 1. The van der Waals surface area contributed by atoms with Crippen LogP contribution in [0, 0.1) is 11.7 Å². The van der Waals surface area contributed by atoms with Crippen LogP contribution in [0.25, 0.3) is 0 Å². The van der Waals surface area contributed by atoms with E-state index in [1.807, 2.05) is 0 Å². The first kappa shape index (κ1) is 15.6. The third kappa shape index (κ3) is 4.63. The lowest BCUT2D eigenvalue weighted by Crippen LogP contribution is -2.36. The summed E-state index contributed by atoms with van der Waals surface area (Å²) in [4.78, 5) is 22.3. The van der Waals surface area contributed by atoms with Crippen molar-refractivity contribution in [3.63, 3.8) is 0 Å². The zero-order chi connectivity index (χ0) is 14.4. The summed E-state index contributed by atoms with van der Waals surface area (Å²) >= 11 is 3.24. The Labute approximate surface area is 119 Å². The highest BCUT2D eigenvalue weighted by molar-refractivity contribution is 9.10. The molecule has 0 saturated heterocycles. The summed E-state index contributed by atoms with van der Waals surface area (Å²) < 4.78 is 14.2. The predicted molar refractivity (Wildman–Crippen MR) is 72.2 cm³/mol. The van der Waals surface area contributed by atoms with E-state index in [-0.39, 0.29) is 18.8 Å². The summed E-state index contributed by atoms with van der Waals surface area (Å²) in [7, 11) is 0. The molecule has 6 heteroatoms. The van der Waals surface area contributed by atoms with E-state index in [1.165, 1.54) is 6.07 Å². The summed E-state index contributed by atoms with van der Waals surface area (Å²) in [5, 5.41) is 11.3. The van der Waals surface area contributed by atoms with Gasteiger partial charge in [0.05, 0.1) is 0 Å². The normalized spacial score (nSPS) is 11.9. The molecule has 0 spiro atoms. The van der Waals surface area contributed by atoms with Gasteiger partial charge in [-0.3, -0.25) is 9.59 Å². The van der Waals surface area contributed by atoms with Crippen LogP contribution in [0.5, 0.6) is 0 Å². The first-order chi connectivity index (χ1) is 8.95. The summed E-state index contributed by atoms with van der Waals surface area (Å²) in [5.74, 6) is -3.07. The molecule has 1 aromatic carbocycles. The molecule has 2 N–H and O–H groups in total. The third-order valence-corrected chi connectivity index (χ3v) is 3.22. The topological polar surface area (TPSA) is 66.4 Å². The van der Waals surface area contributed by atoms with Crippen LogP contribution in [0.2, 0.25) is 0 Å². The number of aliphatic carboxylic acids is 1. The second kappa shape index (κ2) is 7.23. The summed E-state index contributed by atoms with van der Waals surface area (Å²) in [6, 6.07) is 4.57. The molecular formula is C13H15BrFNO3. The van der Waals surface area contributed by atoms with Crippen LogP contribution in [0.15, 0.2) is 22.7 Å². The molecule has 0 radical (unpaired) electrons. The molecule has 0 aliphatic rings. The average Bonchev–Trinajstić information content (AvgIpc) is 2.34. The number of carboxylic acids is 1. The summed E-state index contributed by atoms with van der Waals surface area (Å²) in [6.07, 6.45) is 0.541. The van der Waals surface area contributed by atoms with Crippen molar-refractivity contribution >= 4 is 27.8 Å². The van der Waals surface area contributed by atoms with Gasteiger partial charge in [0.15, 0.2) is 0 Å². The Balaban J connectivity index is 2.52. The van der Waals surface area contributed by atoms with Gasteiger partial charge in [-0.05, 0) is 36.6 Å². The summed E-state index contributed by atoms with van der Waals surface area (Å²) in [5.41, 5.74) is 0.470. The van der Waals surface area contributed by atoms with E-state index in [4.69, 9.17) is 5.11 Å². The van der Waals surface area contributed by atoms with Gasteiger partial charge in [0.2, 0.25) is 5.91 Å². The van der Waals surface area contributed by atoms with Crippen LogP contribution in [0.3, 0.4) is 0 Å². The van der Waals surface area contributed by atoms with Crippen molar-refractivity contribution < 1.29 is 19.1 Å². The molecule has 0 aliphatic heterocycles. The summed E-state index contributed by atoms with van der Waals surface area (Å²) in [6.45, 7) is 1.84. The molecule has 0 aromatic heterocycles. The molecule has 0 aliphatic carbocycles. The Morgan fingerprint density at radius 3 is 2.74 bits per heavy atom. The highest BCUT2D eigenvalue weighted by atomic mass is 79.9. The molecule has 1 rings (SSSR count). The predicted octanol–water partition coefficient (Wildman–Crippen LogP) is 2.36. The smallest absolute Gasteiger partial charge is 0.316 e. The highest BCUT2D eigenvalue weighted by Gasteiger charge is 2.23. The number of hydrogen-bond acceptors (Lipinski definition) is 2. The van der Waals surface area contributed by atoms with Crippen LogP contribution in [-0.2, 0) is 16.0 Å². The standard InChI is InChI=1S/C13H15BrFNO3/c1-2-10(13(18)19)12(17)16-6-5-8-7-9(14)3-4-11(8)15/h3-4,7,10H,2,5-6H2,1H3,(H,16,17)(H,18,19). The van der Waals surface area contributed by atoms with E-state index >= 15 is 0 Å². The quantitative estimate of drug-likeness (QED) is 0.786. The first-order valence-electron chi connectivity index (χ1n) is 5.90. The van der Waals surface area contributed by atoms with Gasteiger partial charge in [-0.1, -0.05) is 22.9 Å². The Hall–Kier alpha value is -1.43. The highest BCUT2D eigenvalue weighted by Crippen LogP contribution is 2.15. The number of carbonyl (C=O) groups is 2. The van der Waals surface area contributed by atoms with Gasteiger partial charge >= 0.3 is 5.97 Å². The van der Waals surface area contributed by atoms with Crippen LogP contribution in [0.1, 0.15) is 18.9 Å². The molecule has 0 heterocycles. The number of halogens is 2. The fraction of sp³-hybridized carbons (Fsp3) is 0.385. The molecule has 0 saturated carbocycles. The van der Waals surface area contributed by atoms with E-state index in [0.29, 0.717) is 12.0 Å². The molecule has 19 heavy (non-hydrogen) atoms. The van der Waals surface area contributed by atoms with Gasteiger partial charge in [-0.25, -0.2) is 4.39 Å². The molecule has 0 fully saturated rings. The zero-order valence-corrected chi connectivity index (χ0v) is 12.0. The lowest BCUT2D eigenvalue weighted by atomic mass is 10.1. The number of amides is 1. The maximum Gasteiger partial charge on any atom is 0.316 e. The van der Waals surface area contributed by atoms with Gasteiger partial charge in [-0.2, -0.15) is 0 Å². The third-order valence-electron chi connectivity index (χ3n) is 2.72. The Morgan fingerprint density at radius 1 is 1.47 bits per heavy atom. The van der Waals surface area contributed by atoms with Crippen LogP contribution < -0.4 is 5.32 Å². The van der Waals surface area contributed by atoms with Gasteiger partial charge in [0.25, 0.3) is 0 Å². The molecule has 4 nitrogen and oxygen atoms in total. The van der Waals surface area contributed by atoms with Crippen molar-refractivity contribution in [2.75, 3.05) is 6.54 Å². The van der Waals surface area contributed by atoms with Crippen molar-refractivity contribution in [3.8, 4) is 0 Å².